The third kappa shape index (κ3) is 25.4. The van der Waals surface area contributed by atoms with E-state index in [9.17, 15) is 0 Å². The van der Waals surface area contributed by atoms with Crippen LogP contribution in [0.4, 0.5) is 0 Å². The minimum Gasteiger partial charge on any atom is -0.240 e. The van der Waals surface area contributed by atoms with Gasteiger partial charge in [0.25, 0.3) is 0 Å². The largest absolute Gasteiger partial charge is 0.499 e. The van der Waals surface area contributed by atoms with Gasteiger partial charge in [0.1, 0.15) is 0 Å². The Morgan fingerprint density at radius 1 is 1.50 bits per heavy atom. The van der Waals surface area contributed by atoms with E-state index in [4.69, 9.17) is 20.1 Å². The summed E-state index contributed by atoms with van der Waals surface area (Å²) in [5.41, 5.74) is 0. The number of rotatable bonds is 1. The molecule has 0 aliphatic carbocycles. The second kappa shape index (κ2) is 11.4. The molecule has 0 aromatic carbocycles. The third-order valence-corrected chi connectivity index (χ3v) is 2.45. The van der Waals surface area contributed by atoms with Crippen LogP contribution in [0.25, 0.3) is 0 Å². The molecule has 0 amide bonds. The molecule has 8 heavy (non-hydrogen) atoms. The molecule has 48 valence electrons. The summed E-state index contributed by atoms with van der Waals surface area (Å²) in [7, 11) is 9.81. The fraction of sp³-hybridized carbons (Fsp3) is 1.00. The highest BCUT2D eigenvalue weighted by molar-refractivity contribution is 7.22. The van der Waals surface area contributed by atoms with Crippen molar-refractivity contribution in [2.75, 3.05) is 0 Å². The van der Waals surface area contributed by atoms with Crippen molar-refractivity contribution in [3.05, 3.63) is 0 Å². The summed E-state index contributed by atoms with van der Waals surface area (Å²) in [6.45, 7) is 4.51. The average Bonchev–Trinajstić information content (AvgIpc) is 1.69. The molecule has 0 saturated carbocycles. The lowest BCUT2D eigenvalue weighted by molar-refractivity contribution is 0.735. The Morgan fingerprint density at radius 2 is 1.62 bits per heavy atom. The van der Waals surface area contributed by atoms with Crippen LogP contribution in [-0.4, -0.2) is 29.7 Å². The van der Waals surface area contributed by atoms with Crippen LogP contribution in [0.2, 0.25) is 5.28 Å². The van der Waals surface area contributed by atoms with E-state index in [2.05, 4.69) is 13.8 Å². The summed E-state index contributed by atoms with van der Waals surface area (Å²) in [6.07, 6.45) is 0. The summed E-state index contributed by atoms with van der Waals surface area (Å²) >= 11 is 0.735. The second-order valence-corrected chi connectivity index (χ2v) is 5.35. The topological polar surface area (TPSA) is 0 Å². The second-order valence-electron chi connectivity index (χ2n) is 1.90. The molecular formula is C4H12Al2Cl2. The molecule has 0 nitrogen and oxygen atoms in total. The van der Waals surface area contributed by atoms with E-state index in [-0.39, 0.29) is 0 Å². The normalized spacial score (nSPS) is 7.62. The van der Waals surface area contributed by atoms with E-state index in [1.54, 1.807) is 0 Å². The van der Waals surface area contributed by atoms with Gasteiger partial charge < -0.3 is 0 Å². The minimum atomic E-state index is -0.639. The standard InChI is InChI=1S/C4H9.2Al.2ClH.3H/c1-4(2)3;;;;;;;/h4H,1H2,2-3H3;;;2*1H;;;/q;;+2;;;;;/p-2. The molecular weight excluding hydrogens is 173 g/mol. The maximum Gasteiger partial charge on any atom is 0.499 e. The smallest absolute Gasteiger partial charge is 0.240 e. The van der Waals surface area contributed by atoms with Crippen molar-refractivity contribution in [1.82, 2.24) is 0 Å². The van der Waals surface area contributed by atoms with Crippen LogP contribution >= 0.6 is 20.1 Å². The molecule has 0 radical (unpaired) electrons. The fourth-order valence-electron chi connectivity index (χ4n) is 0. The van der Waals surface area contributed by atoms with Gasteiger partial charge in [-0.05, 0) is 0 Å². The van der Waals surface area contributed by atoms with Crippen molar-refractivity contribution < 1.29 is 0 Å². The van der Waals surface area contributed by atoms with Gasteiger partial charge in [-0.2, -0.15) is 0 Å². The highest BCUT2D eigenvalue weighted by atomic mass is 35.7. The first kappa shape index (κ1) is 12.3. The van der Waals surface area contributed by atoms with E-state index >= 15 is 0 Å². The molecule has 0 aromatic heterocycles. The number of halogens is 2. The highest BCUT2D eigenvalue weighted by Crippen LogP contribution is 1.92. The Hall–Kier alpha value is 1.64. The summed E-state index contributed by atoms with van der Waals surface area (Å²) in [6, 6.07) is 0. The number of hydrogen-bond acceptors (Lipinski definition) is 0. The first-order chi connectivity index (χ1) is 3.68. The molecule has 0 aliphatic rings. The van der Waals surface area contributed by atoms with Gasteiger partial charge in [0.15, 0.2) is 0 Å². The van der Waals surface area contributed by atoms with Gasteiger partial charge in [0.05, 0.1) is 0 Å². The van der Waals surface area contributed by atoms with E-state index in [1.165, 1.54) is 21.6 Å². The van der Waals surface area contributed by atoms with Crippen LogP contribution < -0.4 is 0 Å². The molecule has 0 rings (SSSR count). The van der Waals surface area contributed by atoms with Gasteiger partial charge in [-0.15, -0.1) is 0 Å². The molecule has 0 N–H and O–H groups in total. The van der Waals surface area contributed by atoms with Crippen LogP contribution in [0.1, 0.15) is 13.8 Å². The summed E-state index contributed by atoms with van der Waals surface area (Å²) in [4.78, 5) is 0. The molecule has 0 unspecified atom stereocenters. The van der Waals surface area contributed by atoms with Crippen LogP contribution in [0, 0.1) is 5.92 Å². The van der Waals surface area contributed by atoms with Crippen LogP contribution in [0.5, 0.6) is 0 Å². The number of hydrogen-bond donors (Lipinski definition) is 0. The zero-order valence-electron chi connectivity index (χ0n) is 5.75. The average molecular weight is 185 g/mol. The lowest BCUT2D eigenvalue weighted by Gasteiger charge is -1.90. The maximum atomic E-state index is 4.90. The van der Waals surface area contributed by atoms with Gasteiger partial charge in [-0.3, -0.25) is 0 Å². The van der Waals surface area contributed by atoms with Gasteiger partial charge in [-0.25, -0.2) is 20.1 Å². The lowest BCUT2D eigenvalue weighted by atomic mass is 10.3. The lowest BCUT2D eigenvalue weighted by Crippen LogP contribution is -1.80. The van der Waals surface area contributed by atoms with E-state index in [1.807, 2.05) is 0 Å². The quantitative estimate of drug-likeness (QED) is 0.542. The molecule has 0 spiro atoms. The van der Waals surface area contributed by atoms with Crippen molar-refractivity contribution in [3.8, 4) is 0 Å². The predicted molar refractivity (Wildman–Crippen MR) is 47.0 cm³/mol. The van der Waals surface area contributed by atoms with Crippen molar-refractivity contribution in [1.29, 1.82) is 0 Å². The Labute approximate surface area is 74.5 Å². The Bertz CT molecular complexity index is 33.2. The molecule has 0 bridgehead atoms. The zero-order chi connectivity index (χ0) is 6.99. The summed E-state index contributed by atoms with van der Waals surface area (Å²) < 4.78 is 0. The SMILES string of the molecule is CC(C)[CH2][AlH2].[Cl][AlH][Cl]. The predicted octanol–water partition coefficient (Wildman–Crippen LogP) is 1.42. The van der Waals surface area contributed by atoms with Gasteiger partial charge in [0.2, 0.25) is 16.3 Å². The maximum absolute atomic E-state index is 4.90. The molecule has 0 heterocycles. The monoisotopic (exact) mass is 184 g/mol. The van der Waals surface area contributed by atoms with E-state index in [0.717, 1.165) is 5.92 Å². The van der Waals surface area contributed by atoms with Gasteiger partial charge in [-0.1, -0.05) is 25.0 Å². The minimum absolute atomic E-state index is 0.639. The van der Waals surface area contributed by atoms with E-state index < -0.39 is 13.4 Å². The molecule has 0 fully saturated rings. The molecule has 0 atom stereocenters. The van der Waals surface area contributed by atoms with Crippen molar-refractivity contribution in [3.63, 3.8) is 0 Å². The van der Waals surface area contributed by atoms with Gasteiger partial charge in [0, 0.05) is 0 Å². The zero-order valence-corrected chi connectivity index (χ0v) is 10.7. The summed E-state index contributed by atoms with van der Waals surface area (Å²) in [5.74, 6) is 0.946. The van der Waals surface area contributed by atoms with Crippen molar-refractivity contribution >= 4 is 49.8 Å². The first-order valence-electron chi connectivity index (χ1n) is 2.80. The Morgan fingerprint density at radius 3 is 1.62 bits per heavy atom. The van der Waals surface area contributed by atoms with Crippen LogP contribution in [-0.2, 0) is 0 Å². The van der Waals surface area contributed by atoms with Crippen LogP contribution in [0.3, 0.4) is 0 Å². The highest BCUT2D eigenvalue weighted by Gasteiger charge is 1.80. The Balaban J connectivity index is 0. The van der Waals surface area contributed by atoms with Crippen LogP contribution in [0.15, 0.2) is 0 Å². The Kier molecular flexibility index (Phi) is 17.6. The fourth-order valence-corrected chi connectivity index (χ4v) is 0. The molecule has 0 saturated heterocycles. The molecule has 4 heteroatoms. The molecule has 0 aromatic rings. The van der Waals surface area contributed by atoms with Crippen molar-refractivity contribution in [2.45, 2.75) is 19.1 Å². The van der Waals surface area contributed by atoms with Gasteiger partial charge >= 0.3 is 13.4 Å². The summed E-state index contributed by atoms with van der Waals surface area (Å²) in [5, 5.41) is 1.44. The van der Waals surface area contributed by atoms with E-state index in [0.29, 0.717) is 0 Å². The first-order valence-corrected chi connectivity index (χ1v) is 8.49. The molecule has 0 aliphatic heterocycles. The third-order valence-electron chi connectivity index (χ3n) is 0.816. The van der Waals surface area contributed by atoms with Crippen molar-refractivity contribution in [2.24, 2.45) is 5.92 Å².